The highest BCUT2D eigenvalue weighted by Crippen LogP contribution is 2.12. The van der Waals surface area contributed by atoms with Crippen LogP contribution in [0.3, 0.4) is 0 Å². The summed E-state index contributed by atoms with van der Waals surface area (Å²) in [4.78, 5) is 12.4. The zero-order chi connectivity index (χ0) is 11.2. The molecule has 1 N–H and O–H groups in total. The number of carbonyl (C=O) groups excluding carboxylic acids is 1. The lowest BCUT2D eigenvalue weighted by Gasteiger charge is -2.22. The first-order valence-corrected chi connectivity index (χ1v) is 6.59. The van der Waals surface area contributed by atoms with E-state index < -0.39 is 0 Å². The van der Waals surface area contributed by atoms with E-state index in [-0.39, 0.29) is 12.4 Å². The van der Waals surface area contributed by atoms with Crippen molar-refractivity contribution in [1.82, 2.24) is 5.32 Å². The molecule has 1 fully saturated rings. The summed E-state index contributed by atoms with van der Waals surface area (Å²) in [5.41, 5.74) is 0. The number of hydrogen-bond donors (Lipinski definition) is 1. The molecule has 1 saturated heterocycles. The molecule has 0 aromatic carbocycles. The van der Waals surface area contributed by atoms with Crippen molar-refractivity contribution in [2.24, 2.45) is 5.92 Å². The van der Waals surface area contributed by atoms with E-state index in [4.69, 9.17) is 4.74 Å². The van der Waals surface area contributed by atoms with Crippen LogP contribution < -0.4 is 5.32 Å². The molecule has 0 bridgehead atoms. The van der Waals surface area contributed by atoms with Crippen LogP contribution in [0.2, 0.25) is 0 Å². The standard InChI is InChI=1S/C12H17NO2S/c14-11(12-4-2-6-16-12)9-15-8-10-3-1-5-13-7-10/h2,4,6,10,13H,1,3,5,7-9H2. The summed E-state index contributed by atoms with van der Waals surface area (Å²) in [5.74, 6) is 0.670. The molecule has 0 aliphatic carbocycles. The van der Waals surface area contributed by atoms with Crippen molar-refractivity contribution in [3.8, 4) is 0 Å². The van der Waals surface area contributed by atoms with Crippen LogP contribution in [0.4, 0.5) is 0 Å². The van der Waals surface area contributed by atoms with E-state index in [0.29, 0.717) is 12.5 Å². The summed E-state index contributed by atoms with van der Waals surface area (Å²) in [6.45, 7) is 3.05. The lowest BCUT2D eigenvalue weighted by atomic mass is 10.0. The lowest BCUT2D eigenvalue weighted by molar-refractivity contribution is 0.0649. The van der Waals surface area contributed by atoms with Crippen molar-refractivity contribution in [1.29, 1.82) is 0 Å². The van der Waals surface area contributed by atoms with Crippen LogP contribution in [-0.4, -0.2) is 32.1 Å². The molecule has 1 aliphatic heterocycles. The number of rotatable bonds is 5. The number of ketones is 1. The van der Waals surface area contributed by atoms with E-state index in [9.17, 15) is 4.79 Å². The SMILES string of the molecule is O=C(COCC1CCCNC1)c1cccs1. The van der Waals surface area contributed by atoms with Crippen molar-refractivity contribution in [2.45, 2.75) is 12.8 Å². The summed E-state index contributed by atoms with van der Waals surface area (Å²) in [5, 5.41) is 5.25. The summed E-state index contributed by atoms with van der Waals surface area (Å²) in [7, 11) is 0. The first kappa shape index (κ1) is 11.8. The van der Waals surface area contributed by atoms with Crippen LogP contribution >= 0.6 is 11.3 Å². The maximum Gasteiger partial charge on any atom is 0.198 e. The summed E-state index contributed by atoms with van der Waals surface area (Å²) < 4.78 is 5.48. The van der Waals surface area contributed by atoms with Crippen LogP contribution in [0.5, 0.6) is 0 Å². The van der Waals surface area contributed by atoms with Crippen LogP contribution in [0.1, 0.15) is 22.5 Å². The van der Waals surface area contributed by atoms with Crippen molar-refractivity contribution in [2.75, 3.05) is 26.3 Å². The van der Waals surface area contributed by atoms with Gasteiger partial charge in [0.2, 0.25) is 0 Å². The second-order valence-corrected chi connectivity index (χ2v) is 5.08. The van der Waals surface area contributed by atoms with Gasteiger partial charge in [-0.2, -0.15) is 0 Å². The number of nitrogens with one attached hydrogen (secondary N) is 1. The van der Waals surface area contributed by atoms with Gasteiger partial charge < -0.3 is 10.1 Å². The first-order chi connectivity index (χ1) is 7.86. The van der Waals surface area contributed by atoms with E-state index in [1.54, 1.807) is 0 Å². The quantitative estimate of drug-likeness (QED) is 0.798. The van der Waals surface area contributed by atoms with Gasteiger partial charge in [-0.1, -0.05) is 6.07 Å². The summed E-state index contributed by atoms with van der Waals surface area (Å²) in [6.07, 6.45) is 2.42. The second-order valence-electron chi connectivity index (χ2n) is 4.13. The minimum Gasteiger partial charge on any atom is -0.373 e. The molecule has 1 atom stereocenters. The third-order valence-corrected chi connectivity index (χ3v) is 3.69. The average molecular weight is 239 g/mol. The molecule has 4 heteroatoms. The number of ether oxygens (including phenoxy) is 1. The number of hydrogen-bond acceptors (Lipinski definition) is 4. The van der Waals surface area contributed by atoms with Crippen molar-refractivity contribution >= 4 is 17.1 Å². The molecule has 0 radical (unpaired) electrons. The van der Waals surface area contributed by atoms with Gasteiger partial charge in [0.25, 0.3) is 0 Å². The van der Waals surface area contributed by atoms with E-state index in [1.807, 2.05) is 17.5 Å². The fourth-order valence-corrected chi connectivity index (χ4v) is 2.54. The van der Waals surface area contributed by atoms with Gasteiger partial charge >= 0.3 is 0 Å². The Morgan fingerprint density at radius 2 is 2.56 bits per heavy atom. The number of Topliss-reactive ketones (excluding diaryl/α,β-unsaturated/α-hetero) is 1. The molecule has 88 valence electrons. The summed E-state index contributed by atoms with van der Waals surface area (Å²) in [6, 6.07) is 3.74. The molecule has 0 amide bonds. The molecule has 1 unspecified atom stereocenters. The van der Waals surface area contributed by atoms with Crippen molar-refractivity contribution in [3.05, 3.63) is 22.4 Å². The average Bonchev–Trinajstić information content (AvgIpc) is 2.84. The smallest absolute Gasteiger partial charge is 0.198 e. The third kappa shape index (κ3) is 3.40. The first-order valence-electron chi connectivity index (χ1n) is 5.71. The molecule has 2 heterocycles. The molecule has 0 saturated carbocycles. The van der Waals surface area contributed by atoms with E-state index in [1.165, 1.54) is 24.2 Å². The number of carbonyl (C=O) groups is 1. The molecule has 16 heavy (non-hydrogen) atoms. The van der Waals surface area contributed by atoms with Crippen LogP contribution in [0, 0.1) is 5.92 Å². The van der Waals surface area contributed by atoms with Crippen LogP contribution in [0.25, 0.3) is 0 Å². The Labute approximate surface area is 99.8 Å². The Morgan fingerprint density at radius 3 is 3.25 bits per heavy atom. The van der Waals surface area contributed by atoms with Gasteiger partial charge in [0.05, 0.1) is 11.5 Å². The molecule has 2 rings (SSSR count). The molecular weight excluding hydrogens is 222 g/mol. The van der Waals surface area contributed by atoms with Gasteiger partial charge in [-0.05, 0) is 36.8 Å². The maximum absolute atomic E-state index is 11.6. The molecule has 3 nitrogen and oxygen atoms in total. The zero-order valence-corrected chi connectivity index (χ0v) is 10.1. The van der Waals surface area contributed by atoms with E-state index in [2.05, 4.69) is 5.32 Å². The number of piperidine rings is 1. The predicted molar refractivity (Wildman–Crippen MR) is 65.1 cm³/mol. The minimum absolute atomic E-state index is 0.0961. The second kappa shape index (κ2) is 6.13. The Hall–Kier alpha value is -0.710. The van der Waals surface area contributed by atoms with Gasteiger partial charge in [-0.25, -0.2) is 0 Å². The Balaban J connectivity index is 1.66. The van der Waals surface area contributed by atoms with E-state index >= 15 is 0 Å². The highest BCUT2D eigenvalue weighted by atomic mass is 32.1. The highest BCUT2D eigenvalue weighted by molar-refractivity contribution is 7.12. The topological polar surface area (TPSA) is 38.3 Å². The number of thiophene rings is 1. The normalized spacial score (nSPS) is 20.9. The van der Waals surface area contributed by atoms with E-state index in [0.717, 1.165) is 18.0 Å². The Morgan fingerprint density at radius 1 is 1.62 bits per heavy atom. The largest absolute Gasteiger partial charge is 0.373 e. The van der Waals surface area contributed by atoms with Crippen LogP contribution in [-0.2, 0) is 4.74 Å². The van der Waals surface area contributed by atoms with Crippen LogP contribution in [0.15, 0.2) is 17.5 Å². The minimum atomic E-state index is 0.0961. The maximum atomic E-state index is 11.6. The predicted octanol–water partition coefficient (Wildman–Crippen LogP) is 1.95. The molecule has 1 aromatic rings. The Bertz CT molecular complexity index is 318. The van der Waals surface area contributed by atoms with Gasteiger partial charge in [0, 0.05) is 6.54 Å². The summed E-state index contributed by atoms with van der Waals surface area (Å²) >= 11 is 1.48. The zero-order valence-electron chi connectivity index (χ0n) is 9.28. The fourth-order valence-electron chi connectivity index (χ4n) is 1.89. The third-order valence-electron chi connectivity index (χ3n) is 2.78. The molecule has 1 aliphatic rings. The molecule has 0 spiro atoms. The van der Waals surface area contributed by atoms with Gasteiger partial charge in [0.1, 0.15) is 6.61 Å². The van der Waals surface area contributed by atoms with Crippen molar-refractivity contribution in [3.63, 3.8) is 0 Å². The monoisotopic (exact) mass is 239 g/mol. The lowest BCUT2D eigenvalue weighted by Crippen LogP contribution is -2.32. The Kier molecular flexibility index (Phi) is 4.51. The van der Waals surface area contributed by atoms with Gasteiger partial charge in [0.15, 0.2) is 5.78 Å². The van der Waals surface area contributed by atoms with Gasteiger partial charge in [-0.15, -0.1) is 11.3 Å². The fraction of sp³-hybridized carbons (Fsp3) is 0.583. The van der Waals surface area contributed by atoms with Gasteiger partial charge in [-0.3, -0.25) is 4.79 Å². The molecular formula is C12H17NO2S. The van der Waals surface area contributed by atoms with Crippen molar-refractivity contribution < 1.29 is 9.53 Å². The molecule has 1 aromatic heterocycles. The highest BCUT2D eigenvalue weighted by Gasteiger charge is 2.14.